The normalized spacial score (nSPS) is 11.2. The summed E-state index contributed by atoms with van der Waals surface area (Å²) in [4.78, 5) is 16.7. The number of anilines is 1. The van der Waals surface area contributed by atoms with E-state index in [-0.39, 0.29) is 12.1 Å². The van der Waals surface area contributed by atoms with Crippen LogP contribution in [0.15, 0.2) is 61.1 Å². The molecule has 0 radical (unpaired) electrons. The third-order valence-corrected chi connectivity index (χ3v) is 4.90. The quantitative estimate of drug-likeness (QED) is 0.443. The second-order valence-electron chi connectivity index (χ2n) is 7.01. The van der Waals surface area contributed by atoms with Crippen molar-refractivity contribution in [3.05, 3.63) is 83.9 Å². The molecule has 4 aromatic heterocycles. The fraction of sp³-hybridized carbons (Fsp3) is 0.0909. The molecule has 0 bridgehead atoms. The molecule has 0 amide bonds. The Labute approximate surface area is 175 Å². The second kappa shape index (κ2) is 7.60. The summed E-state index contributed by atoms with van der Waals surface area (Å²) in [5.41, 5.74) is 4.30. The van der Waals surface area contributed by atoms with Gasteiger partial charge in [0.2, 0.25) is 5.95 Å². The van der Waals surface area contributed by atoms with Crippen molar-refractivity contribution < 1.29 is 8.78 Å². The van der Waals surface area contributed by atoms with E-state index in [2.05, 4.69) is 30.4 Å². The molecule has 0 spiro atoms. The van der Waals surface area contributed by atoms with E-state index in [1.807, 2.05) is 37.3 Å². The first-order valence-electron chi connectivity index (χ1n) is 9.59. The first-order valence-corrected chi connectivity index (χ1v) is 9.59. The number of hydrogen-bond acceptors (Lipinski definition) is 5. The fourth-order valence-corrected chi connectivity index (χ4v) is 3.37. The van der Waals surface area contributed by atoms with E-state index in [4.69, 9.17) is 0 Å². The third-order valence-electron chi connectivity index (χ3n) is 4.90. The number of aromatic nitrogens is 6. The average Bonchev–Trinajstić information content (AvgIpc) is 3.40. The van der Waals surface area contributed by atoms with E-state index in [1.54, 1.807) is 10.7 Å². The van der Waals surface area contributed by atoms with Crippen LogP contribution in [0.4, 0.5) is 14.7 Å². The molecule has 4 heterocycles. The molecule has 7 nitrogen and oxygen atoms in total. The third kappa shape index (κ3) is 3.61. The van der Waals surface area contributed by atoms with Crippen molar-refractivity contribution in [1.29, 1.82) is 0 Å². The zero-order valence-corrected chi connectivity index (χ0v) is 16.5. The highest BCUT2D eigenvalue weighted by Crippen LogP contribution is 2.31. The zero-order valence-electron chi connectivity index (χ0n) is 16.5. The van der Waals surface area contributed by atoms with E-state index < -0.39 is 11.6 Å². The van der Waals surface area contributed by atoms with Gasteiger partial charge in [0.25, 0.3) is 0 Å². The van der Waals surface area contributed by atoms with Crippen LogP contribution < -0.4 is 5.32 Å². The van der Waals surface area contributed by atoms with Gasteiger partial charge in [0.15, 0.2) is 5.65 Å². The van der Waals surface area contributed by atoms with Crippen LogP contribution >= 0.6 is 0 Å². The minimum absolute atomic E-state index is 0.0550. The molecule has 2 N–H and O–H groups in total. The predicted molar refractivity (Wildman–Crippen MR) is 112 cm³/mol. The van der Waals surface area contributed by atoms with E-state index in [9.17, 15) is 8.78 Å². The van der Waals surface area contributed by atoms with Crippen molar-refractivity contribution in [2.45, 2.75) is 13.5 Å². The topological polar surface area (TPSA) is 83.8 Å². The number of imidazole rings is 1. The van der Waals surface area contributed by atoms with Gasteiger partial charge >= 0.3 is 0 Å². The molecule has 0 saturated heterocycles. The molecule has 0 saturated carbocycles. The number of aromatic amines is 1. The van der Waals surface area contributed by atoms with Gasteiger partial charge in [0.1, 0.15) is 23.7 Å². The largest absolute Gasteiger partial charge is 0.351 e. The van der Waals surface area contributed by atoms with Gasteiger partial charge in [-0.05, 0) is 43.3 Å². The molecule has 0 aliphatic carbocycles. The molecule has 154 valence electrons. The summed E-state index contributed by atoms with van der Waals surface area (Å²) >= 11 is 0. The maximum absolute atomic E-state index is 14.0. The number of halogens is 2. The molecule has 0 aliphatic heterocycles. The lowest BCUT2D eigenvalue weighted by atomic mass is 10.1. The number of hydrogen-bond donors (Lipinski definition) is 2. The Morgan fingerprint density at radius 2 is 1.84 bits per heavy atom. The molecule has 5 rings (SSSR count). The number of nitrogens with zero attached hydrogens (tertiary/aromatic N) is 5. The van der Waals surface area contributed by atoms with Crippen molar-refractivity contribution in [2.24, 2.45) is 0 Å². The second-order valence-corrected chi connectivity index (χ2v) is 7.01. The fourth-order valence-electron chi connectivity index (χ4n) is 3.37. The van der Waals surface area contributed by atoms with Crippen LogP contribution in [0.1, 0.15) is 11.3 Å². The molecule has 9 heteroatoms. The molecule has 0 unspecified atom stereocenters. The van der Waals surface area contributed by atoms with Gasteiger partial charge in [0, 0.05) is 29.6 Å². The Kier molecular flexibility index (Phi) is 4.62. The highest BCUT2D eigenvalue weighted by Gasteiger charge is 2.17. The monoisotopic (exact) mass is 417 g/mol. The minimum atomic E-state index is -0.614. The van der Waals surface area contributed by atoms with E-state index in [0.717, 1.165) is 11.3 Å². The smallest absolute Gasteiger partial charge is 0.201 e. The van der Waals surface area contributed by atoms with Crippen molar-refractivity contribution in [3.63, 3.8) is 0 Å². The Balaban J connectivity index is 1.56. The van der Waals surface area contributed by atoms with Crippen molar-refractivity contribution in [2.75, 3.05) is 5.32 Å². The van der Waals surface area contributed by atoms with Crippen LogP contribution in [-0.4, -0.2) is 29.5 Å². The minimum Gasteiger partial charge on any atom is -0.351 e. The number of pyridine rings is 2. The number of aryl methyl sites for hydroxylation is 1. The Hall–Kier alpha value is -4.14. The SMILES string of the molecule is Cc1cccc(-c2[nH]c(NCc3c(F)cccc3F)nc2-c2ccn3ncnc3c2)n1. The van der Waals surface area contributed by atoms with Gasteiger partial charge in [0.05, 0.1) is 11.4 Å². The van der Waals surface area contributed by atoms with Crippen LogP contribution in [0.25, 0.3) is 28.3 Å². The highest BCUT2D eigenvalue weighted by molar-refractivity contribution is 5.79. The summed E-state index contributed by atoms with van der Waals surface area (Å²) < 4.78 is 29.6. The Morgan fingerprint density at radius 1 is 1.03 bits per heavy atom. The maximum atomic E-state index is 14.0. The average molecular weight is 417 g/mol. The van der Waals surface area contributed by atoms with Crippen LogP contribution in [0.3, 0.4) is 0 Å². The molecule has 31 heavy (non-hydrogen) atoms. The molecule has 0 aliphatic rings. The highest BCUT2D eigenvalue weighted by atomic mass is 19.1. The van der Waals surface area contributed by atoms with Gasteiger partial charge in [-0.3, -0.25) is 4.98 Å². The summed E-state index contributed by atoms with van der Waals surface area (Å²) in [7, 11) is 0. The summed E-state index contributed by atoms with van der Waals surface area (Å²) in [6.45, 7) is 1.84. The van der Waals surface area contributed by atoms with Crippen molar-refractivity contribution in [1.82, 2.24) is 29.5 Å². The number of benzene rings is 1. The summed E-state index contributed by atoms with van der Waals surface area (Å²) in [6, 6.07) is 13.2. The van der Waals surface area contributed by atoms with E-state index in [1.165, 1.54) is 24.5 Å². The number of fused-ring (bicyclic) bond motifs is 1. The van der Waals surface area contributed by atoms with Crippen molar-refractivity contribution >= 4 is 11.6 Å². The maximum Gasteiger partial charge on any atom is 0.201 e. The molecule has 1 aromatic carbocycles. The lowest BCUT2D eigenvalue weighted by molar-refractivity contribution is 0.559. The zero-order chi connectivity index (χ0) is 21.4. The lowest BCUT2D eigenvalue weighted by Crippen LogP contribution is -2.05. The summed E-state index contributed by atoms with van der Waals surface area (Å²) in [5.74, 6) is -0.855. The first-order chi connectivity index (χ1) is 15.1. The standard InChI is InChI=1S/C22H17F2N7/c1-13-4-2-7-18(28-13)21-20(14-8-9-31-19(10-14)26-12-27-31)29-22(30-21)25-11-15-16(23)5-3-6-17(15)24/h2-10,12H,11H2,1H3,(H2,25,29,30). The van der Waals surface area contributed by atoms with Crippen molar-refractivity contribution in [3.8, 4) is 22.6 Å². The number of H-pyrrole nitrogens is 1. The van der Waals surface area contributed by atoms with Crippen LogP contribution in [0, 0.1) is 18.6 Å². The van der Waals surface area contributed by atoms with Gasteiger partial charge in [-0.15, -0.1) is 0 Å². The van der Waals surface area contributed by atoms with E-state index in [0.29, 0.717) is 28.7 Å². The lowest BCUT2D eigenvalue weighted by Gasteiger charge is -2.05. The molecule has 0 fully saturated rings. The van der Waals surface area contributed by atoms with Gasteiger partial charge in [-0.1, -0.05) is 12.1 Å². The molecule has 5 aromatic rings. The first kappa shape index (κ1) is 18.9. The van der Waals surface area contributed by atoms with Crippen LogP contribution in [-0.2, 0) is 6.54 Å². The summed E-state index contributed by atoms with van der Waals surface area (Å²) in [5, 5.41) is 7.09. The van der Waals surface area contributed by atoms with Gasteiger partial charge in [-0.25, -0.2) is 23.3 Å². The summed E-state index contributed by atoms with van der Waals surface area (Å²) in [6.07, 6.45) is 3.27. The Morgan fingerprint density at radius 3 is 2.65 bits per heavy atom. The van der Waals surface area contributed by atoms with Gasteiger partial charge < -0.3 is 10.3 Å². The van der Waals surface area contributed by atoms with Gasteiger partial charge in [-0.2, -0.15) is 5.10 Å². The van der Waals surface area contributed by atoms with Crippen LogP contribution in [0.2, 0.25) is 0 Å². The molecular formula is C22H17F2N7. The van der Waals surface area contributed by atoms with E-state index >= 15 is 0 Å². The predicted octanol–water partition coefficient (Wildman–Crippen LogP) is 4.38. The van der Waals surface area contributed by atoms with Crippen LogP contribution in [0.5, 0.6) is 0 Å². The molecule has 0 atom stereocenters. The number of nitrogens with one attached hydrogen (secondary N) is 2. The molecular weight excluding hydrogens is 400 g/mol. The Bertz CT molecular complexity index is 1370. The number of rotatable bonds is 5.